The lowest BCUT2D eigenvalue weighted by Gasteiger charge is -2.22. The van der Waals surface area contributed by atoms with Crippen molar-refractivity contribution in [3.8, 4) is 0 Å². The highest BCUT2D eigenvalue weighted by molar-refractivity contribution is 5.19. The molecule has 1 heterocycles. The topological polar surface area (TPSA) is 48.4 Å². The smallest absolute Gasteiger partial charge is 0.0791 e. The van der Waals surface area contributed by atoms with E-state index in [4.69, 9.17) is 0 Å². The molecule has 1 aromatic heterocycles. The standard InChI is InChI=1S/C15H27N3O/c1-4-13-8-7-9-17-15(13)11-16-10-14(19)12-18(5-2)6-3/h7-9,14,16,19H,4-6,10-12H2,1-3H3. The van der Waals surface area contributed by atoms with Gasteiger partial charge >= 0.3 is 0 Å². The van der Waals surface area contributed by atoms with Crippen LogP contribution in [0, 0.1) is 0 Å². The molecule has 0 amide bonds. The van der Waals surface area contributed by atoms with Gasteiger partial charge in [0, 0.05) is 25.8 Å². The minimum Gasteiger partial charge on any atom is -0.390 e. The molecule has 0 radical (unpaired) electrons. The van der Waals surface area contributed by atoms with Gasteiger partial charge in [-0.2, -0.15) is 0 Å². The van der Waals surface area contributed by atoms with Gasteiger partial charge in [0.2, 0.25) is 0 Å². The maximum absolute atomic E-state index is 9.96. The summed E-state index contributed by atoms with van der Waals surface area (Å²) in [6.07, 6.45) is 2.49. The molecule has 0 fully saturated rings. The number of likely N-dealkylation sites (N-methyl/N-ethyl adjacent to an activating group) is 1. The molecule has 4 heteroatoms. The average Bonchev–Trinajstić information content (AvgIpc) is 2.45. The van der Waals surface area contributed by atoms with Gasteiger partial charge in [-0.3, -0.25) is 4.98 Å². The summed E-state index contributed by atoms with van der Waals surface area (Å²) in [5.41, 5.74) is 2.35. The van der Waals surface area contributed by atoms with E-state index in [1.807, 2.05) is 12.3 Å². The van der Waals surface area contributed by atoms with Gasteiger partial charge in [-0.15, -0.1) is 0 Å². The molecule has 0 aliphatic rings. The van der Waals surface area contributed by atoms with Crippen LogP contribution in [-0.2, 0) is 13.0 Å². The average molecular weight is 265 g/mol. The van der Waals surface area contributed by atoms with Gasteiger partial charge in [0.05, 0.1) is 11.8 Å². The Bertz CT molecular complexity index is 353. The van der Waals surface area contributed by atoms with E-state index in [1.54, 1.807) is 0 Å². The Morgan fingerprint density at radius 2 is 2.05 bits per heavy atom. The summed E-state index contributed by atoms with van der Waals surface area (Å²) in [4.78, 5) is 6.61. The van der Waals surface area contributed by atoms with E-state index in [1.165, 1.54) is 5.56 Å². The molecular formula is C15H27N3O. The molecule has 0 saturated carbocycles. The molecule has 2 N–H and O–H groups in total. The molecule has 108 valence electrons. The molecule has 0 bridgehead atoms. The van der Waals surface area contributed by atoms with Gasteiger partial charge in [0.1, 0.15) is 0 Å². The van der Waals surface area contributed by atoms with Crippen LogP contribution >= 0.6 is 0 Å². The molecule has 19 heavy (non-hydrogen) atoms. The highest BCUT2D eigenvalue weighted by Crippen LogP contribution is 2.05. The Morgan fingerprint density at radius 1 is 1.32 bits per heavy atom. The van der Waals surface area contributed by atoms with E-state index in [0.29, 0.717) is 6.54 Å². The lowest BCUT2D eigenvalue weighted by atomic mass is 10.1. The Hall–Kier alpha value is -0.970. The van der Waals surface area contributed by atoms with Gasteiger partial charge in [0.15, 0.2) is 0 Å². The summed E-state index contributed by atoms with van der Waals surface area (Å²) < 4.78 is 0. The zero-order valence-corrected chi connectivity index (χ0v) is 12.4. The number of aryl methyl sites for hydroxylation is 1. The zero-order chi connectivity index (χ0) is 14.1. The quantitative estimate of drug-likeness (QED) is 0.709. The van der Waals surface area contributed by atoms with Crippen molar-refractivity contribution in [2.75, 3.05) is 26.2 Å². The third kappa shape index (κ3) is 5.68. The van der Waals surface area contributed by atoms with E-state index >= 15 is 0 Å². The monoisotopic (exact) mass is 265 g/mol. The number of nitrogens with one attached hydrogen (secondary N) is 1. The summed E-state index contributed by atoms with van der Waals surface area (Å²) >= 11 is 0. The minimum atomic E-state index is -0.325. The van der Waals surface area contributed by atoms with E-state index in [9.17, 15) is 5.11 Å². The van der Waals surface area contributed by atoms with E-state index in [-0.39, 0.29) is 6.10 Å². The van der Waals surface area contributed by atoms with Crippen molar-refractivity contribution in [1.29, 1.82) is 0 Å². The number of hydrogen-bond acceptors (Lipinski definition) is 4. The van der Waals surface area contributed by atoms with E-state index < -0.39 is 0 Å². The zero-order valence-electron chi connectivity index (χ0n) is 12.4. The maximum atomic E-state index is 9.96. The van der Waals surface area contributed by atoms with Gasteiger partial charge in [-0.25, -0.2) is 0 Å². The summed E-state index contributed by atoms with van der Waals surface area (Å²) in [7, 11) is 0. The highest BCUT2D eigenvalue weighted by atomic mass is 16.3. The molecule has 4 nitrogen and oxygen atoms in total. The van der Waals surface area contributed by atoms with Gasteiger partial charge in [-0.05, 0) is 31.1 Å². The fourth-order valence-corrected chi connectivity index (χ4v) is 2.15. The van der Waals surface area contributed by atoms with Crippen LogP contribution in [0.4, 0.5) is 0 Å². The van der Waals surface area contributed by atoms with Crippen LogP contribution < -0.4 is 5.32 Å². The predicted molar refractivity (Wildman–Crippen MR) is 79.1 cm³/mol. The lowest BCUT2D eigenvalue weighted by molar-refractivity contribution is 0.116. The van der Waals surface area contributed by atoms with Gasteiger partial charge in [-0.1, -0.05) is 26.8 Å². The third-order valence-corrected chi connectivity index (χ3v) is 3.40. The van der Waals surface area contributed by atoms with E-state index in [2.05, 4.69) is 42.0 Å². The van der Waals surface area contributed by atoms with Crippen molar-refractivity contribution in [1.82, 2.24) is 15.2 Å². The summed E-state index contributed by atoms with van der Waals surface area (Å²) in [5, 5.41) is 13.3. The van der Waals surface area contributed by atoms with Crippen molar-refractivity contribution in [2.45, 2.75) is 39.8 Å². The van der Waals surface area contributed by atoms with Crippen LogP contribution in [0.1, 0.15) is 32.0 Å². The molecule has 1 unspecified atom stereocenters. The number of aliphatic hydroxyl groups excluding tert-OH is 1. The second-order valence-corrected chi connectivity index (χ2v) is 4.73. The predicted octanol–water partition coefficient (Wildman–Crippen LogP) is 1.44. The first-order valence-corrected chi connectivity index (χ1v) is 7.25. The SMILES string of the molecule is CCc1cccnc1CNCC(O)CN(CC)CC. The van der Waals surface area contributed by atoms with Crippen molar-refractivity contribution in [3.63, 3.8) is 0 Å². The first-order chi connectivity index (χ1) is 9.21. The van der Waals surface area contributed by atoms with Crippen LogP contribution in [0.2, 0.25) is 0 Å². The maximum Gasteiger partial charge on any atom is 0.0791 e. The van der Waals surface area contributed by atoms with Crippen molar-refractivity contribution in [3.05, 3.63) is 29.6 Å². The normalized spacial score (nSPS) is 12.9. The van der Waals surface area contributed by atoms with Crippen molar-refractivity contribution < 1.29 is 5.11 Å². The highest BCUT2D eigenvalue weighted by Gasteiger charge is 2.09. The fourth-order valence-electron chi connectivity index (χ4n) is 2.15. The number of aromatic nitrogens is 1. The Kier molecular flexibility index (Phi) is 7.63. The minimum absolute atomic E-state index is 0.325. The second kappa shape index (κ2) is 9.02. The first-order valence-electron chi connectivity index (χ1n) is 7.25. The molecular weight excluding hydrogens is 238 g/mol. The summed E-state index contributed by atoms with van der Waals surface area (Å²) in [6.45, 7) is 10.4. The molecule has 1 rings (SSSR count). The number of rotatable bonds is 9. The van der Waals surface area contributed by atoms with Crippen LogP contribution in [0.25, 0.3) is 0 Å². The fraction of sp³-hybridized carbons (Fsp3) is 0.667. The Morgan fingerprint density at radius 3 is 2.68 bits per heavy atom. The van der Waals surface area contributed by atoms with E-state index in [0.717, 1.165) is 38.3 Å². The van der Waals surface area contributed by atoms with Crippen LogP contribution in [0.3, 0.4) is 0 Å². The van der Waals surface area contributed by atoms with Gasteiger partial charge < -0.3 is 15.3 Å². The van der Waals surface area contributed by atoms with Crippen LogP contribution in [-0.4, -0.2) is 47.3 Å². The second-order valence-electron chi connectivity index (χ2n) is 4.73. The molecule has 0 aliphatic carbocycles. The number of pyridine rings is 1. The molecule has 1 aromatic rings. The summed E-state index contributed by atoms with van der Waals surface area (Å²) in [5.74, 6) is 0. The lowest BCUT2D eigenvalue weighted by Crippen LogP contribution is -2.38. The molecule has 0 saturated heterocycles. The summed E-state index contributed by atoms with van der Waals surface area (Å²) in [6, 6.07) is 4.08. The molecule has 0 spiro atoms. The van der Waals surface area contributed by atoms with Crippen molar-refractivity contribution >= 4 is 0 Å². The molecule has 0 aliphatic heterocycles. The Balaban J connectivity index is 2.33. The molecule has 1 atom stereocenters. The number of aliphatic hydroxyl groups is 1. The van der Waals surface area contributed by atoms with Crippen LogP contribution in [0.15, 0.2) is 18.3 Å². The third-order valence-electron chi connectivity index (χ3n) is 3.40. The Labute approximate surface area is 116 Å². The van der Waals surface area contributed by atoms with Crippen LogP contribution in [0.5, 0.6) is 0 Å². The first kappa shape index (κ1) is 16.1. The number of nitrogens with zero attached hydrogens (tertiary/aromatic N) is 2. The number of hydrogen-bond donors (Lipinski definition) is 2. The van der Waals surface area contributed by atoms with Gasteiger partial charge in [0.25, 0.3) is 0 Å². The van der Waals surface area contributed by atoms with Crippen molar-refractivity contribution in [2.24, 2.45) is 0 Å². The molecule has 0 aromatic carbocycles. The largest absolute Gasteiger partial charge is 0.390 e.